The van der Waals surface area contributed by atoms with E-state index < -0.39 is 22.0 Å². The molecule has 0 saturated heterocycles. The summed E-state index contributed by atoms with van der Waals surface area (Å²) in [4.78, 5) is 28.4. The largest absolute Gasteiger partial charge is 0.488 e. The molecule has 214 valence electrons. The number of nitrogens with zero attached hydrogens (tertiary/aromatic N) is 2. The molecule has 3 atom stereocenters. The van der Waals surface area contributed by atoms with Crippen LogP contribution in [0.1, 0.15) is 40.1 Å². The lowest BCUT2D eigenvalue weighted by molar-refractivity contribution is 0.0341. The van der Waals surface area contributed by atoms with Gasteiger partial charge < -0.3 is 19.8 Å². The number of amides is 1. The summed E-state index contributed by atoms with van der Waals surface area (Å²) in [6, 6.07) is 14.0. The van der Waals surface area contributed by atoms with E-state index in [1.54, 1.807) is 59.7 Å². The summed E-state index contributed by atoms with van der Waals surface area (Å²) in [6.07, 6.45) is -0.336. The summed E-state index contributed by atoms with van der Waals surface area (Å²) in [6.45, 7) is 4.91. The Balaban J connectivity index is 1.59. The molecule has 3 aromatic rings. The van der Waals surface area contributed by atoms with Gasteiger partial charge in [-0.1, -0.05) is 25.1 Å². The van der Waals surface area contributed by atoms with Crippen molar-refractivity contribution in [1.29, 1.82) is 0 Å². The number of ether oxygens (including phenoxy) is 1. The molecule has 0 fully saturated rings. The molecule has 0 saturated carbocycles. The summed E-state index contributed by atoms with van der Waals surface area (Å²) >= 11 is 1.09. The van der Waals surface area contributed by atoms with Gasteiger partial charge in [-0.3, -0.25) is 14.4 Å². The number of carboxylic acid groups (broad SMARTS) is 1. The highest BCUT2D eigenvalue weighted by Gasteiger charge is 2.33. The molecule has 0 radical (unpaired) electrons. The maximum atomic E-state index is 13.6. The van der Waals surface area contributed by atoms with Crippen LogP contribution < -0.4 is 9.46 Å². The normalized spacial score (nSPS) is 18.4. The summed E-state index contributed by atoms with van der Waals surface area (Å²) < 4.78 is 34.6. The van der Waals surface area contributed by atoms with E-state index in [1.165, 1.54) is 12.1 Å². The number of sulfonamides is 1. The van der Waals surface area contributed by atoms with Crippen molar-refractivity contribution < 1.29 is 33.0 Å². The molecule has 1 aliphatic rings. The van der Waals surface area contributed by atoms with Crippen molar-refractivity contribution in [1.82, 2.24) is 9.80 Å². The number of benzene rings is 2. The van der Waals surface area contributed by atoms with E-state index in [0.29, 0.717) is 25.4 Å². The molecule has 2 aromatic carbocycles. The van der Waals surface area contributed by atoms with E-state index in [0.717, 1.165) is 16.9 Å². The van der Waals surface area contributed by atoms with E-state index in [-0.39, 0.29) is 45.6 Å². The molecule has 0 unspecified atom stereocenters. The number of carboxylic acids is 1. The third-order valence-electron chi connectivity index (χ3n) is 6.82. The highest BCUT2D eigenvalue weighted by Crippen LogP contribution is 2.32. The van der Waals surface area contributed by atoms with Crippen LogP contribution in [0.4, 0.5) is 5.69 Å². The van der Waals surface area contributed by atoms with Crippen LogP contribution in [-0.4, -0.2) is 79.2 Å². The maximum Gasteiger partial charge on any atom is 0.335 e. The number of rotatable bonds is 10. The summed E-state index contributed by atoms with van der Waals surface area (Å²) in [5.41, 5.74) is 1.60. The Hall–Kier alpha value is -3.45. The molecule has 1 aliphatic heterocycles. The molecule has 0 spiro atoms. The van der Waals surface area contributed by atoms with Crippen LogP contribution in [-0.2, 0) is 16.6 Å². The van der Waals surface area contributed by atoms with E-state index >= 15 is 0 Å². The van der Waals surface area contributed by atoms with Crippen molar-refractivity contribution in [2.24, 2.45) is 5.92 Å². The molecule has 12 heteroatoms. The Morgan fingerprint density at radius 3 is 2.58 bits per heavy atom. The van der Waals surface area contributed by atoms with Crippen LogP contribution in [0.3, 0.4) is 0 Å². The predicted molar refractivity (Wildman–Crippen MR) is 152 cm³/mol. The van der Waals surface area contributed by atoms with Gasteiger partial charge in [0.2, 0.25) is 0 Å². The SMILES string of the molecule is C[C@@H]1CN([C@@H](C)CO)C(=O)c2cc(NS(=O)(=O)c3cccs3)ccc2O[C@H]1CN(C)Cc1ccc(C(=O)O)cc1. The van der Waals surface area contributed by atoms with Crippen molar-refractivity contribution in [3.05, 3.63) is 76.7 Å². The average Bonchev–Trinajstić information content (AvgIpc) is 3.47. The van der Waals surface area contributed by atoms with Gasteiger partial charge in [-0.05, 0) is 61.3 Å². The maximum absolute atomic E-state index is 13.6. The number of carbonyl (C=O) groups is 2. The molecule has 40 heavy (non-hydrogen) atoms. The van der Waals surface area contributed by atoms with Crippen molar-refractivity contribution in [2.75, 3.05) is 31.5 Å². The molecule has 10 nitrogen and oxygen atoms in total. The van der Waals surface area contributed by atoms with Gasteiger partial charge in [0.1, 0.15) is 16.1 Å². The minimum absolute atomic E-state index is 0.0973. The first-order valence-corrected chi connectivity index (χ1v) is 15.1. The van der Waals surface area contributed by atoms with Gasteiger partial charge in [-0.2, -0.15) is 0 Å². The lowest BCUT2D eigenvalue weighted by Gasteiger charge is -2.38. The number of carbonyl (C=O) groups excluding carboxylic acids is 1. The topological polar surface area (TPSA) is 136 Å². The number of thiophene rings is 1. The number of fused-ring (bicyclic) bond motifs is 1. The summed E-state index contributed by atoms with van der Waals surface area (Å²) in [7, 11) is -1.88. The van der Waals surface area contributed by atoms with Crippen molar-refractivity contribution in [3.63, 3.8) is 0 Å². The number of aromatic carboxylic acids is 1. The summed E-state index contributed by atoms with van der Waals surface area (Å²) in [5, 5.41) is 20.7. The molecule has 1 aromatic heterocycles. The zero-order chi connectivity index (χ0) is 29.0. The Labute approximate surface area is 237 Å². The number of anilines is 1. The van der Waals surface area contributed by atoms with Gasteiger partial charge in [0, 0.05) is 31.2 Å². The molecule has 0 aliphatic carbocycles. The molecule has 1 amide bonds. The quantitative estimate of drug-likeness (QED) is 0.327. The van der Waals surface area contributed by atoms with Crippen LogP contribution in [0, 0.1) is 5.92 Å². The Morgan fingerprint density at radius 1 is 1.23 bits per heavy atom. The fourth-order valence-corrected chi connectivity index (χ4v) is 6.60. The second-order valence-electron chi connectivity index (χ2n) is 10.1. The lowest BCUT2D eigenvalue weighted by atomic mass is 9.99. The van der Waals surface area contributed by atoms with Crippen LogP contribution in [0.15, 0.2) is 64.2 Å². The highest BCUT2D eigenvalue weighted by molar-refractivity contribution is 7.94. The van der Waals surface area contributed by atoms with Gasteiger partial charge >= 0.3 is 5.97 Å². The first kappa shape index (κ1) is 29.5. The highest BCUT2D eigenvalue weighted by atomic mass is 32.2. The number of aliphatic hydroxyl groups excluding tert-OH is 1. The third kappa shape index (κ3) is 6.81. The molecular weight excluding hydrogens is 554 g/mol. The van der Waals surface area contributed by atoms with Gasteiger partial charge in [0.05, 0.1) is 23.8 Å². The minimum Gasteiger partial charge on any atom is -0.488 e. The fourth-order valence-electron chi connectivity index (χ4n) is 4.56. The number of nitrogens with one attached hydrogen (secondary N) is 1. The first-order valence-electron chi connectivity index (χ1n) is 12.8. The molecule has 2 heterocycles. The number of likely N-dealkylation sites (N-methyl/N-ethyl adjacent to an activating group) is 1. The van der Waals surface area contributed by atoms with E-state index in [4.69, 9.17) is 9.84 Å². The van der Waals surface area contributed by atoms with Crippen LogP contribution >= 0.6 is 11.3 Å². The Bertz CT molecular complexity index is 1440. The minimum atomic E-state index is -3.81. The van der Waals surface area contributed by atoms with Crippen molar-refractivity contribution >= 4 is 38.9 Å². The average molecular weight is 588 g/mol. The Morgan fingerprint density at radius 2 is 1.95 bits per heavy atom. The number of hydrogen-bond acceptors (Lipinski definition) is 8. The lowest BCUT2D eigenvalue weighted by Crippen LogP contribution is -2.49. The smallest absolute Gasteiger partial charge is 0.335 e. The second kappa shape index (κ2) is 12.4. The van der Waals surface area contributed by atoms with Crippen molar-refractivity contribution in [2.45, 2.75) is 36.7 Å². The number of aliphatic hydroxyl groups is 1. The monoisotopic (exact) mass is 587 g/mol. The van der Waals surface area contributed by atoms with E-state index in [9.17, 15) is 23.1 Å². The Kier molecular flexibility index (Phi) is 9.14. The number of hydrogen-bond donors (Lipinski definition) is 3. The van der Waals surface area contributed by atoms with Crippen molar-refractivity contribution in [3.8, 4) is 5.75 Å². The zero-order valence-corrected chi connectivity index (χ0v) is 24.1. The fraction of sp³-hybridized carbons (Fsp3) is 0.357. The second-order valence-corrected chi connectivity index (χ2v) is 12.9. The zero-order valence-electron chi connectivity index (χ0n) is 22.5. The molecule has 3 N–H and O–H groups in total. The molecular formula is C28H33N3O7S2. The standard InChI is InChI=1S/C28H33N3O7S2/c1-18-14-31(19(2)17-32)27(33)23-13-22(29-40(36,37)26-5-4-12-39-26)10-11-24(23)38-25(18)16-30(3)15-20-6-8-21(9-7-20)28(34)35/h4-13,18-19,25,29,32H,14-17H2,1-3H3,(H,34,35)/t18-,19+,25+/m1/s1. The van der Waals surface area contributed by atoms with Crippen LogP contribution in [0.5, 0.6) is 5.75 Å². The third-order valence-corrected chi connectivity index (χ3v) is 9.60. The summed E-state index contributed by atoms with van der Waals surface area (Å²) in [5.74, 6) is -1.10. The van der Waals surface area contributed by atoms with E-state index in [1.807, 2.05) is 14.0 Å². The van der Waals surface area contributed by atoms with Gasteiger partial charge in [0.25, 0.3) is 15.9 Å². The van der Waals surface area contributed by atoms with Gasteiger partial charge in [-0.15, -0.1) is 11.3 Å². The van der Waals surface area contributed by atoms with Crippen LogP contribution in [0.25, 0.3) is 0 Å². The molecule has 4 rings (SSSR count). The predicted octanol–water partition coefficient (Wildman–Crippen LogP) is 3.60. The van der Waals surface area contributed by atoms with Gasteiger partial charge in [-0.25, -0.2) is 13.2 Å². The molecule has 0 bridgehead atoms. The van der Waals surface area contributed by atoms with Gasteiger partial charge in [0.15, 0.2) is 0 Å². The first-order chi connectivity index (χ1) is 19.0. The van der Waals surface area contributed by atoms with Crippen LogP contribution in [0.2, 0.25) is 0 Å². The van der Waals surface area contributed by atoms with E-state index in [2.05, 4.69) is 9.62 Å².